The maximum atomic E-state index is 5.67. The molecule has 0 bridgehead atoms. The number of ether oxygens (including phenoxy) is 1. The second kappa shape index (κ2) is 13.1. The Labute approximate surface area is 134 Å². The highest BCUT2D eigenvalue weighted by atomic mass is 79.9. The Hall–Kier alpha value is 0.400. The summed E-state index contributed by atoms with van der Waals surface area (Å²) in [6.07, 6.45) is 14.6. The van der Waals surface area contributed by atoms with E-state index in [-0.39, 0.29) is 0 Å². The van der Waals surface area contributed by atoms with E-state index in [9.17, 15) is 0 Å². The number of halogens is 1. The first kappa shape index (κ1) is 18.4. The van der Waals surface area contributed by atoms with Crippen LogP contribution in [0.25, 0.3) is 0 Å². The van der Waals surface area contributed by atoms with Crippen molar-refractivity contribution in [2.75, 3.05) is 31.6 Å². The molecule has 1 fully saturated rings. The number of unbranched alkanes of at least 4 members (excludes halogenated alkanes) is 9. The summed E-state index contributed by atoms with van der Waals surface area (Å²) in [6, 6.07) is 0. The van der Waals surface area contributed by atoms with Gasteiger partial charge in [-0.05, 0) is 13.0 Å². The van der Waals surface area contributed by atoms with Gasteiger partial charge in [0.2, 0.25) is 0 Å². The zero-order chi connectivity index (χ0) is 14.5. The van der Waals surface area contributed by atoms with E-state index in [1.54, 1.807) is 0 Å². The van der Waals surface area contributed by atoms with Gasteiger partial charge in [-0.3, -0.25) is 4.90 Å². The van der Waals surface area contributed by atoms with E-state index in [1.807, 2.05) is 0 Å². The second-order valence-corrected chi connectivity index (χ2v) is 6.78. The summed E-state index contributed by atoms with van der Waals surface area (Å²) in [5.41, 5.74) is 0. The molecule has 1 atom stereocenters. The van der Waals surface area contributed by atoms with Gasteiger partial charge in [0.05, 0.1) is 12.7 Å². The van der Waals surface area contributed by atoms with Crippen molar-refractivity contribution >= 4 is 15.9 Å². The molecule has 1 saturated heterocycles. The van der Waals surface area contributed by atoms with Gasteiger partial charge in [0.1, 0.15) is 0 Å². The smallest absolute Gasteiger partial charge is 0.0799 e. The van der Waals surface area contributed by atoms with Crippen LogP contribution in [-0.2, 0) is 4.74 Å². The van der Waals surface area contributed by atoms with Gasteiger partial charge in [0, 0.05) is 18.4 Å². The number of hydrogen-bond acceptors (Lipinski definition) is 2. The minimum Gasteiger partial charge on any atom is -0.375 e. The average molecular weight is 348 g/mol. The number of rotatable bonds is 12. The van der Waals surface area contributed by atoms with Gasteiger partial charge in [-0.25, -0.2) is 0 Å². The maximum absolute atomic E-state index is 5.67. The third kappa shape index (κ3) is 9.36. The summed E-state index contributed by atoms with van der Waals surface area (Å²) in [5, 5.41) is 0.974. The van der Waals surface area contributed by atoms with Gasteiger partial charge in [-0.15, -0.1) is 0 Å². The standard InChI is InChI=1S/C17H34BrNO/c1-2-3-4-5-6-7-8-9-10-11-12-19-13-14-20-17(15-18)16-19/h17H,2-16H2,1H3. The first-order valence-electron chi connectivity index (χ1n) is 8.76. The fourth-order valence-corrected chi connectivity index (χ4v) is 3.29. The first-order valence-corrected chi connectivity index (χ1v) is 9.89. The quantitative estimate of drug-likeness (QED) is 0.363. The van der Waals surface area contributed by atoms with E-state index in [0.717, 1.165) is 25.0 Å². The highest BCUT2D eigenvalue weighted by molar-refractivity contribution is 9.09. The Kier molecular flexibility index (Phi) is 12.1. The summed E-state index contributed by atoms with van der Waals surface area (Å²) in [5.74, 6) is 0. The molecule has 0 N–H and O–H groups in total. The molecule has 1 heterocycles. The fraction of sp³-hybridized carbons (Fsp3) is 1.00. The summed E-state index contributed by atoms with van der Waals surface area (Å²) in [6.45, 7) is 6.70. The van der Waals surface area contributed by atoms with Crippen molar-refractivity contribution in [3.8, 4) is 0 Å². The minimum absolute atomic E-state index is 0.409. The number of nitrogens with zero attached hydrogens (tertiary/aromatic N) is 1. The second-order valence-electron chi connectivity index (χ2n) is 6.13. The highest BCUT2D eigenvalue weighted by Crippen LogP contribution is 2.12. The molecule has 1 aliphatic rings. The van der Waals surface area contributed by atoms with Crippen molar-refractivity contribution in [3.05, 3.63) is 0 Å². The topological polar surface area (TPSA) is 12.5 Å². The van der Waals surface area contributed by atoms with Gasteiger partial charge in [0.25, 0.3) is 0 Å². The van der Waals surface area contributed by atoms with Crippen molar-refractivity contribution in [1.29, 1.82) is 0 Å². The van der Waals surface area contributed by atoms with Gasteiger partial charge in [-0.2, -0.15) is 0 Å². The van der Waals surface area contributed by atoms with E-state index >= 15 is 0 Å². The van der Waals surface area contributed by atoms with Gasteiger partial charge < -0.3 is 4.74 Å². The Bertz CT molecular complexity index is 213. The highest BCUT2D eigenvalue weighted by Gasteiger charge is 2.18. The molecule has 0 spiro atoms. The van der Waals surface area contributed by atoms with Crippen LogP contribution >= 0.6 is 15.9 Å². The lowest BCUT2D eigenvalue weighted by atomic mass is 10.1. The lowest BCUT2D eigenvalue weighted by Crippen LogP contribution is -2.43. The molecule has 0 radical (unpaired) electrons. The molecule has 1 aliphatic heterocycles. The molecule has 0 saturated carbocycles. The molecule has 20 heavy (non-hydrogen) atoms. The zero-order valence-corrected chi connectivity index (χ0v) is 15.0. The molecule has 3 heteroatoms. The van der Waals surface area contributed by atoms with Gasteiger partial charge in [0.15, 0.2) is 0 Å². The molecule has 0 aromatic carbocycles. The van der Waals surface area contributed by atoms with Crippen molar-refractivity contribution in [2.24, 2.45) is 0 Å². The summed E-state index contributed by atoms with van der Waals surface area (Å²) >= 11 is 3.52. The molecular formula is C17H34BrNO. The molecule has 2 nitrogen and oxygen atoms in total. The molecule has 1 unspecified atom stereocenters. The normalized spacial score (nSPS) is 20.4. The predicted molar refractivity (Wildman–Crippen MR) is 91.8 cm³/mol. The van der Waals surface area contributed by atoms with E-state index in [0.29, 0.717) is 6.10 Å². The van der Waals surface area contributed by atoms with Crippen molar-refractivity contribution in [3.63, 3.8) is 0 Å². The third-order valence-electron chi connectivity index (χ3n) is 4.22. The van der Waals surface area contributed by atoms with Crippen molar-refractivity contribution in [2.45, 2.75) is 77.2 Å². The molecule has 0 amide bonds. The predicted octanol–water partition coefficient (Wildman–Crippen LogP) is 5.00. The van der Waals surface area contributed by atoms with Crippen LogP contribution in [0.5, 0.6) is 0 Å². The molecule has 0 aromatic rings. The van der Waals surface area contributed by atoms with E-state index in [2.05, 4.69) is 27.8 Å². The van der Waals surface area contributed by atoms with Crippen LogP contribution in [0.15, 0.2) is 0 Å². The Morgan fingerprint density at radius 2 is 1.55 bits per heavy atom. The Morgan fingerprint density at radius 3 is 2.15 bits per heavy atom. The van der Waals surface area contributed by atoms with E-state index in [1.165, 1.54) is 70.8 Å². The molecule has 1 rings (SSSR count). The number of hydrogen-bond donors (Lipinski definition) is 0. The Balaban J connectivity index is 1.82. The fourth-order valence-electron chi connectivity index (χ4n) is 2.90. The Morgan fingerprint density at radius 1 is 0.950 bits per heavy atom. The third-order valence-corrected chi connectivity index (χ3v) is 4.95. The van der Waals surface area contributed by atoms with Crippen molar-refractivity contribution in [1.82, 2.24) is 4.90 Å². The largest absolute Gasteiger partial charge is 0.375 e. The van der Waals surface area contributed by atoms with Crippen LogP contribution in [0.3, 0.4) is 0 Å². The van der Waals surface area contributed by atoms with Crippen LogP contribution in [0.1, 0.15) is 71.1 Å². The van der Waals surface area contributed by atoms with Crippen LogP contribution in [-0.4, -0.2) is 42.6 Å². The van der Waals surface area contributed by atoms with Gasteiger partial charge in [-0.1, -0.05) is 80.6 Å². The first-order chi connectivity index (χ1) is 9.86. The monoisotopic (exact) mass is 347 g/mol. The maximum Gasteiger partial charge on any atom is 0.0799 e. The van der Waals surface area contributed by atoms with Crippen LogP contribution in [0.2, 0.25) is 0 Å². The molecule has 0 aromatic heterocycles. The lowest BCUT2D eigenvalue weighted by molar-refractivity contribution is -0.0155. The molecular weight excluding hydrogens is 314 g/mol. The van der Waals surface area contributed by atoms with Crippen LogP contribution < -0.4 is 0 Å². The minimum atomic E-state index is 0.409. The molecule has 120 valence electrons. The summed E-state index contributed by atoms with van der Waals surface area (Å²) in [7, 11) is 0. The number of morpholine rings is 1. The van der Waals surface area contributed by atoms with Crippen LogP contribution in [0, 0.1) is 0 Å². The average Bonchev–Trinajstić information content (AvgIpc) is 2.49. The zero-order valence-electron chi connectivity index (χ0n) is 13.4. The van der Waals surface area contributed by atoms with Crippen molar-refractivity contribution < 1.29 is 4.74 Å². The summed E-state index contributed by atoms with van der Waals surface area (Å²) in [4.78, 5) is 2.57. The molecule has 0 aliphatic carbocycles. The van der Waals surface area contributed by atoms with E-state index < -0.39 is 0 Å². The van der Waals surface area contributed by atoms with Crippen LogP contribution in [0.4, 0.5) is 0 Å². The SMILES string of the molecule is CCCCCCCCCCCCN1CCOC(CBr)C1. The number of alkyl halides is 1. The van der Waals surface area contributed by atoms with E-state index in [4.69, 9.17) is 4.74 Å². The van der Waals surface area contributed by atoms with Gasteiger partial charge >= 0.3 is 0 Å². The summed E-state index contributed by atoms with van der Waals surface area (Å²) < 4.78 is 5.67. The lowest BCUT2D eigenvalue weighted by Gasteiger charge is -2.32.